The number of rotatable bonds is 0. The molecule has 26 heavy (non-hydrogen) atoms. The van der Waals surface area contributed by atoms with Crippen LogP contribution < -0.4 is 0 Å². The van der Waals surface area contributed by atoms with E-state index in [1.54, 1.807) is 6.92 Å². The smallest absolute Gasteiger partial charge is 0 e. The van der Waals surface area contributed by atoms with E-state index < -0.39 is 0 Å². The molecule has 0 amide bonds. The van der Waals surface area contributed by atoms with Gasteiger partial charge in [-0.25, -0.2) is 0 Å². The van der Waals surface area contributed by atoms with Crippen molar-refractivity contribution in [2.75, 3.05) is 0 Å². The Hall–Kier alpha value is -3.50. The second-order valence-corrected chi connectivity index (χ2v) is 6.49. The molecule has 0 heteroatoms. The summed E-state index contributed by atoms with van der Waals surface area (Å²) in [7, 11) is 0. The lowest BCUT2D eigenvalue weighted by Gasteiger charge is -2.22. The van der Waals surface area contributed by atoms with E-state index in [-0.39, 0.29) is 9.69 Å². The first-order chi connectivity index (χ1) is 12.4. The summed E-state index contributed by atoms with van der Waals surface area (Å²) >= 11 is 0. The third kappa shape index (κ3) is 6.55. The molecule has 0 unspecified atom stereocenters. The van der Waals surface area contributed by atoms with Crippen molar-refractivity contribution < 1.29 is 4.28 Å². The normalized spacial score (nSPS) is 8.46. The van der Waals surface area contributed by atoms with E-state index in [0.29, 0.717) is 0 Å². The average Bonchev–Trinajstić information content (AvgIpc) is 2.61. The molecule has 0 heterocycles. The summed E-state index contributed by atoms with van der Waals surface area (Å²) in [5.41, 5.74) is 3.01. The monoisotopic (exact) mass is 340 g/mol. The van der Waals surface area contributed by atoms with Crippen LogP contribution in [-0.2, 0) is 5.41 Å². The van der Waals surface area contributed by atoms with Gasteiger partial charge in [0.05, 0.1) is 0 Å². The van der Waals surface area contributed by atoms with Crippen molar-refractivity contribution in [1.82, 2.24) is 0 Å². The van der Waals surface area contributed by atoms with Gasteiger partial charge in [-0.15, -0.1) is 6.42 Å². The van der Waals surface area contributed by atoms with Gasteiger partial charge in [0.1, 0.15) is 0 Å². The molecule has 0 spiro atoms. The van der Waals surface area contributed by atoms with Crippen LogP contribution in [0.2, 0.25) is 0 Å². The van der Waals surface area contributed by atoms with E-state index >= 15 is 0 Å². The highest BCUT2D eigenvalue weighted by Gasteiger charge is 2.16. The lowest BCUT2D eigenvalue weighted by atomic mass is 9.83. The molecule has 2 aromatic rings. The Bertz CT molecular complexity index is 1070. The molecular weight excluding hydrogens is 312 g/mol. The van der Waals surface area contributed by atoms with Crippen LogP contribution in [0.4, 0.5) is 0 Å². The summed E-state index contributed by atoms with van der Waals surface area (Å²) in [6.07, 6.45) is 4.84. The molecule has 0 bridgehead atoms. The predicted molar refractivity (Wildman–Crippen MR) is 119 cm³/mol. The third-order valence-electron chi connectivity index (χ3n) is 3.52. The van der Waals surface area contributed by atoms with Gasteiger partial charge < -0.3 is 0 Å². The molecule has 2 aromatic carbocycles. The van der Waals surface area contributed by atoms with Gasteiger partial charge >= 0.3 is 0 Å². The molecule has 0 aliphatic rings. The summed E-state index contributed by atoms with van der Waals surface area (Å²) in [5, 5.41) is 2.77. The number of aryl methyl sites for hydroxylation is 1. The maximum Gasteiger partial charge on any atom is 0 e. The van der Waals surface area contributed by atoms with Crippen LogP contribution in [0.3, 0.4) is 0 Å². The van der Waals surface area contributed by atoms with Crippen molar-refractivity contribution in [3.05, 3.63) is 47.5 Å². The third-order valence-corrected chi connectivity index (χ3v) is 3.52. The van der Waals surface area contributed by atoms with E-state index in [1.807, 2.05) is 0 Å². The van der Waals surface area contributed by atoms with Crippen LogP contribution in [0, 0.1) is 66.6 Å². The predicted octanol–water partition coefficient (Wildman–Crippen LogP) is 5.84. The van der Waals surface area contributed by atoms with Gasteiger partial charge in [-0.1, -0.05) is 63.1 Å². The number of fused-ring (bicyclic) bond motifs is 1. The largest absolute Gasteiger partial charge is 0.106 e. The Labute approximate surface area is 162 Å². The minimum absolute atomic E-state index is 0. The molecule has 0 fully saturated rings. The van der Waals surface area contributed by atoms with Gasteiger partial charge in [-0.3, -0.25) is 0 Å². The topological polar surface area (TPSA) is 0 Å². The van der Waals surface area contributed by atoms with Crippen molar-refractivity contribution in [3.8, 4) is 59.7 Å². The number of benzene rings is 2. The highest BCUT2D eigenvalue weighted by molar-refractivity contribution is 5.89. The lowest BCUT2D eigenvalue weighted by Crippen LogP contribution is -2.11. The van der Waals surface area contributed by atoms with Gasteiger partial charge in [0.25, 0.3) is 0 Å². The Morgan fingerprint density at radius 2 is 1.31 bits per heavy atom. The summed E-state index contributed by atoms with van der Waals surface area (Å²) in [6, 6.07) is 13.2. The zero-order chi connectivity index (χ0) is 19.4. The molecule has 0 radical (unpaired) electrons. The van der Waals surface area contributed by atoms with Crippen LogP contribution in [0.25, 0.3) is 10.8 Å². The van der Waals surface area contributed by atoms with Gasteiger partial charge in [0, 0.05) is 4.28 Å². The average molecular weight is 341 g/mol. The first kappa shape index (κ1) is 20.5. The van der Waals surface area contributed by atoms with Crippen LogP contribution in [0.1, 0.15) is 43.1 Å². The van der Waals surface area contributed by atoms with Crippen LogP contribution in [-0.4, -0.2) is 0 Å². The fourth-order valence-corrected chi connectivity index (χ4v) is 2.36. The van der Waals surface area contributed by atoms with Crippen LogP contribution in [0.5, 0.6) is 0 Å². The standard InChI is InChI=1S/C15H18.C11H4.3H2/c1-11-9-10-14(15(2,3)4)13-8-6-5-7-12(11)13;1-3-5-7-9-11-10-8-6-4-2;;;/h5-10H,1-4H3;1H,2H3;3*1H. The van der Waals surface area contributed by atoms with E-state index in [9.17, 15) is 0 Å². The minimum Gasteiger partial charge on any atom is -0.106 e. The number of terminal acetylenes is 1. The highest BCUT2D eigenvalue weighted by Crippen LogP contribution is 2.31. The fourth-order valence-electron chi connectivity index (χ4n) is 2.36. The molecule has 0 aliphatic carbocycles. The van der Waals surface area contributed by atoms with Gasteiger partial charge in [-0.2, -0.15) is 0 Å². The quantitative estimate of drug-likeness (QED) is 0.529. The maximum atomic E-state index is 4.84. The summed E-state index contributed by atoms with van der Waals surface area (Å²) in [5.74, 6) is 22.0. The van der Waals surface area contributed by atoms with E-state index in [1.165, 1.54) is 21.9 Å². The summed E-state index contributed by atoms with van der Waals surface area (Å²) in [6.45, 7) is 10.7. The molecule has 0 saturated carbocycles. The fraction of sp³-hybridized carbons (Fsp3) is 0.231. The van der Waals surface area contributed by atoms with Crippen molar-refractivity contribution in [1.29, 1.82) is 0 Å². The molecule has 0 aliphatic heterocycles. The van der Waals surface area contributed by atoms with Crippen molar-refractivity contribution in [2.24, 2.45) is 0 Å². The maximum absolute atomic E-state index is 4.84. The second-order valence-electron chi connectivity index (χ2n) is 6.49. The van der Waals surface area contributed by atoms with Crippen LogP contribution in [0.15, 0.2) is 36.4 Å². The molecule has 2 rings (SSSR count). The second kappa shape index (κ2) is 10.4. The molecular formula is C26H28. The van der Waals surface area contributed by atoms with Crippen molar-refractivity contribution >= 4 is 10.8 Å². The molecule has 0 N–H and O–H groups in total. The SMILES string of the molecule is C#CC#CC#CC#CC#CC.Cc1ccc(C(C)(C)C)c2ccccc12.[HH].[HH].[HH]. The zero-order valence-electron chi connectivity index (χ0n) is 16.0. The molecule has 0 aromatic heterocycles. The Balaban J connectivity index is -0.000000442. The van der Waals surface area contributed by atoms with Gasteiger partial charge in [-0.05, 0) is 88.5 Å². The molecule has 132 valence electrons. The number of hydrogen-bond donors (Lipinski definition) is 0. The Morgan fingerprint density at radius 1 is 0.769 bits per heavy atom. The molecule has 0 saturated heterocycles. The minimum atomic E-state index is 0. The summed E-state index contributed by atoms with van der Waals surface area (Å²) < 4.78 is 0. The highest BCUT2D eigenvalue weighted by atomic mass is 14.2. The first-order valence-electron chi connectivity index (χ1n) is 8.28. The first-order valence-corrected chi connectivity index (χ1v) is 8.28. The number of hydrogen-bond acceptors (Lipinski definition) is 0. The van der Waals surface area contributed by atoms with Gasteiger partial charge in [0.15, 0.2) is 0 Å². The molecule has 0 atom stereocenters. The Morgan fingerprint density at radius 3 is 1.85 bits per heavy atom. The van der Waals surface area contributed by atoms with E-state index in [0.717, 1.165) is 0 Å². The van der Waals surface area contributed by atoms with E-state index in [2.05, 4.69) is 117 Å². The molecule has 0 nitrogen and oxygen atoms in total. The van der Waals surface area contributed by atoms with Gasteiger partial charge in [0.2, 0.25) is 0 Å². The zero-order valence-corrected chi connectivity index (χ0v) is 16.0. The van der Waals surface area contributed by atoms with Crippen molar-refractivity contribution in [2.45, 2.75) is 40.0 Å². The Kier molecular flexibility index (Phi) is 8.20. The van der Waals surface area contributed by atoms with E-state index in [4.69, 9.17) is 6.42 Å². The lowest BCUT2D eigenvalue weighted by molar-refractivity contribution is 0.596. The van der Waals surface area contributed by atoms with Crippen LogP contribution >= 0.6 is 0 Å². The van der Waals surface area contributed by atoms with Crippen molar-refractivity contribution in [3.63, 3.8) is 0 Å². The summed E-state index contributed by atoms with van der Waals surface area (Å²) in [4.78, 5) is 0.